The van der Waals surface area contributed by atoms with Gasteiger partial charge in [-0.1, -0.05) is 35.9 Å². The number of fused-ring (bicyclic) bond motifs is 2. The van der Waals surface area contributed by atoms with Gasteiger partial charge in [-0.3, -0.25) is 9.48 Å². The predicted molar refractivity (Wildman–Crippen MR) is 171 cm³/mol. The molecule has 0 aliphatic rings. The SMILES string of the molecule is CC(C)(C)O.Cc1cc2nc(-c3cccc(-c4ccc5c(cnn5C)c4)n3)sc2c(-c2ccc(Cl)cc2)c1CC(=O)O. The maximum atomic E-state index is 11.7. The second-order valence-electron chi connectivity index (χ2n) is 11.1. The van der Waals surface area contributed by atoms with Crippen LogP contribution in [0.5, 0.6) is 0 Å². The van der Waals surface area contributed by atoms with E-state index in [-0.39, 0.29) is 6.42 Å². The minimum atomic E-state index is -0.873. The van der Waals surface area contributed by atoms with Gasteiger partial charge in [0, 0.05) is 28.6 Å². The summed E-state index contributed by atoms with van der Waals surface area (Å²) in [6.45, 7) is 7.16. The summed E-state index contributed by atoms with van der Waals surface area (Å²) >= 11 is 7.66. The molecule has 0 fully saturated rings. The van der Waals surface area contributed by atoms with Crippen LogP contribution in [0.15, 0.2) is 72.9 Å². The summed E-state index contributed by atoms with van der Waals surface area (Å²) in [5, 5.41) is 24.9. The Morgan fingerprint density at radius 3 is 2.33 bits per heavy atom. The molecule has 0 unspecified atom stereocenters. The maximum absolute atomic E-state index is 11.7. The molecule has 9 heteroatoms. The topological polar surface area (TPSA) is 101 Å². The highest BCUT2D eigenvalue weighted by Gasteiger charge is 2.20. The molecule has 0 radical (unpaired) electrons. The van der Waals surface area contributed by atoms with Gasteiger partial charge in [0.15, 0.2) is 0 Å². The molecule has 0 atom stereocenters. The number of hydrogen-bond donors (Lipinski definition) is 2. The van der Waals surface area contributed by atoms with E-state index < -0.39 is 11.6 Å². The second kappa shape index (κ2) is 11.6. The number of thiazole rings is 1. The number of benzene rings is 3. The molecule has 7 nitrogen and oxygen atoms in total. The first-order valence-electron chi connectivity index (χ1n) is 13.4. The number of aliphatic hydroxyl groups is 1. The van der Waals surface area contributed by atoms with Crippen LogP contribution in [0.1, 0.15) is 31.9 Å². The molecular weight excluding hydrogens is 568 g/mol. The molecule has 0 spiro atoms. The lowest BCUT2D eigenvalue weighted by Crippen LogP contribution is -2.10. The van der Waals surface area contributed by atoms with Gasteiger partial charge in [0.05, 0.1) is 45.3 Å². The minimum absolute atomic E-state index is 0.0719. The number of aliphatic carboxylic acids is 1. The van der Waals surface area contributed by atoms with Crippen molar-refractivity contribution >= 4 is 50.0 Å². The van der Waals surface area contributed by atoms with E-state index in [1.165, 1.54) is 11.3 Å². The van der Waals surface area contributed by atoms with E-state index in [1.807, 2.05) is 73.4 Å². The van der Waals surface area contributed by atoms with Gasteiger partial charge < -0.3 is 10.2 Å². The molecule has 3 heterocycles. The number of pyridine rings is 1. The molecule has 6 rings (SSSR count). The third-order valence-corrected chi connectivity index (χ3v) is 7.85. The van der Waals surface area contributed by atoms with E-state index in [4.69, 9.17) is 26.7 Å². The number of nitrogens with zero attached hydrogens (tertiary/aromatic N) is 4. The molecule has 42 heavy (non-hydrogen) atoms. The summed E-state index contributed by atoms with van der Waals surface area (Å²) in [6, 6.07) is 21.6. The van der Waals surface area contributed by atoms with E-state index in [2.05, 4.69) is 23.3 Å². The second-order valence-corrected chi connectivity index (χ2v) is 12.5. The molecule has 0 aliphatic heterocycles. The van der Waals surface area contributed by atoms with Crippen LogP contribution in [0, 0.1) is 6.92 Å². The van der Waals surface area contributed by atoms with E-state index in [1.54, 1.807) is 20.8 Å². The van der Waals surface area contributed by atoms with Gasteiger partial charge in [0.25, 0.3) is 0 Å². The molecule has 6 aromatic rings. The lowest BCUT2D eigenvalue weighted by molar-refractivity contribution is -0.136. The zero-order valence-electron chi connectivity index (χ0n) is 24.0. The Hall–Kier alpha value is -4.11. The van der Waals surface area contributed by atoms with Crippen molar-refractivity contribution in [1.82, 2.24) is 19.7 Å². The lowest BCUT2D eigenvalue weighted by Gasteiger charge is -2.13. The van der Waals surface area contributed by atoms with Crippen LogP contribution >= 0.6 is 22.9 Å². The number of halogens is 1. The van der Waals surface area contributed by atoms with Gasteiger partial charge in [0.2, 0.25) is 0 Å². The molecule has 3 aromatic heterocycles. The Kier molecular flexibility index (Phi) is 8.14. The number of rotatable bonds is 5. The third-order valence-electron chi connectivity index (χ3n) is 6.48. The molecule has 0 saturated carbocycles. The first-order valence-corrected chi connectivity index (χ1v) is 14.6. The number of carboxylic acid groups (broad SMARTS) is 1. The van der Waals surface area contributed by atoms with Gasteiger partial charge in [-0.05, 0) is 86.8 Å². The highest BCUT2D eigenvalue weighted by molar-refractivity contribution is 7.22. The molecular formula is C33H31ClN4O3S. The van der Waals surface area contributed by atoms with Crippen molar-refractivity contribution in [3.63, 3.8) is 0 Å². The van der Waals surface area contributed by atoms with Gasteiger partial charge in [-0.15, -0.1) is 11.3 Å². The van der Waals surface area contributed by atoms with E-state index in [0.29, 0.717) is 5.02 Å². The molecule has 0 aliphatic carbocycles. The zero-order valence-corrected chi connectivity index (χ0v) is 25.6. The van der Waals surface area contributed by atoms with E-state index >= 15 is 0 Å². The minimum Gasteiger partial charge on any atom is -0.481 e. The van der Waals surface area contributed by atoms with Crippen LogP contribution in [-0.2, 0) is 18.3 Å². The summed E-state index contributed by atoms with van der Waals surface area (Å²) in [7, 11) is 1.93. The largest absolute Gasteiger partial charge is 0.481 e. The van der Waals surface area contributed by atoms with Crippen molar-refractivity contribution in [3.8, 4) is 33.1 Å². The lowest BCUT2D eigenvalue weighted by atomic mass is 9.93. The molecule has 3 aromatic carbocycles. The number of aryl methyl sites for hydroxylation is 2. The first kappa shape index (κ1) is 29.4. The van der Waals surface area contributed by atoms with E-state index in [0.717, 1.165) is 65.3 Å². The summed E-state index contributed by atoms with van der Waals surface area (Å²) in [5.74, 6) is -0.873. The van der Waals surface area contributed by atoms with Crippen molar-refractivity contribution in [2.45, 2.75) is 39.7 Å². The van der Waals surface area contributed by atoms with Crippen LogP contribution in [0.25, 0.3) is 54.2 Å². The smallest absolute Gasteiger partial charge is 0.307 e. The Bertz CT molecular complexity index is 1910. The number of carboxylic acids is 1. The zero-order chi connectivity index (χ0) is 30.2. The van der Waals surface area contributed by atoms with Crippen molar-refractivity contribution in [2.24, 2.45) is 7.05 Å². The highest BCUT2D eigenvalue weighted by atomic mass is 35.5. The molecule has 0 amide bonds. The molecule has 214 valence electrons. The van der Waals surface area contributed by atoms with Crippen molar-refractivity contribution in [2.75, 3.05) is 0 Å². The van der Waals surface area contributed by atoms with Gasteiger partial charge in [0.1, 0.15) is 5.01 Å². The fourth-order valence-corrected chi connectivity index (χ4v) is 5.92. The van der Waals surface area contributed by atoms with Gasteiger partial charge in [-0.2, -0.15) is 5.10 Å². The third kappa shape index (κ3) is 6.51. The van der Waals surface area contributed by atoms with Crippen LogP contribution in [0.3, 0.4) is 0 Å². The van der Waals surface area contributed by atoms with Crippen molar-refractivity contribution < 1.29 is 15.0 Å². The fourth-order valence-electron chi connectivity index (χ4n) is 4.68. The number of carbonyl (C=O) groups is 1. The summed E-state index contributed by atoms with van der Waals surface area (Å²) in [5.41, 5.74) is 7.48. The maximum Gasteiger partial charge on any atom is 0.307 e. The summed E-state index contributed by atoms with van der Waals surface area (Å²) < 4.78 is 2.78. The molecule has 2 N–H and O–H groups in total. The van der Waals surface area contributed by atoms with Crippen LogP contribution in [0.4, 0.5) is 0 Å². The monoisotopic (exact) mass is 598 g/mol. The van der Waals surface area contributed by atoms with Gasteiger partial charge in [-0.25, -0.2) is 9.97 Å². The van der Waals surface area contributed by atoms with Crippen LogP contribution in [-0.4, -0.2) is 41.5 Å². The Balaban J connectivity index is 0.000000652. The first-order chi connectivity index (χ1) is 19.9. The van der Waals surface area contributed by atoms with Crippen molar-refractivity contribution in [1.29, 1.82) is 0 Å². The van der Waals surface area contributed by atoms with E-state index in [9.17, 15) is 9.90 Å². The van der Waals surface area contributed by atoms with Crippen LogP contribution in [0.2, 0.25) is 5.02 Å². The molecule has 0 saturated heterocycles. The number of aromatic nitrogens is 4. The Labute approximate surface area is 253 Å². The standard InChI is InChI=1S/C29H21ClN4O2S.C4H10O/c1-16-12-24-28(27(21(16)14-26(35)36)17-6-9-20(30)10-7-17)37-29(33-24)23-5-3-4-22(32-23)18-8-11-25-19(13-18)15-31-34(25)2;1-4(2,3)5/h3-13,15H,14H2,1-2H3,(H,35,36);5H,1-3H3. The molecule has 0 bridgehead atoms. The number of hydrogen-bond acceptors (Lipinski definition) is 6. The van der Waals surface area contributed by atoms with Gasteiger partial charge >= 0.3 is 5.97 Å². The Morgan fingerprint density at radius 1 is 0.976 bits per heavy atom. The van der Waals surface area contributed by atoms with Crippen molar-refractivity contribution in [3.05, 3.63) is 89.1 Å². The highest BCUT2D eigenvalue weighted by Crippen LogP contribution is 2.41. The quantitative estimate of drug-likeness (QED) is 0.209. The fraction of sp³-hybridized carbons (Fsp3) is 0.212. The summed E-state index contributed by atoms with van der Waals surface area (Å²) in [4.78, 5) is 21.6. The average molecular weight is 599 g/mol. The Morgan fingerprint density at radius 2 is 1.64 bits per heavy atom. The summed E-state index contributed by atoms with van der Waals surface area (Å²) in [6.07, 6.45) is 1.78. The predicted octanol–water partition coefficient (Wildman–Crippen LogP) is 7.95. The normalized spacial score (nSPS) is 11.5. The average Bonchev–Trinajstić information content (AvgIpc) is 3.52. The van der Waals surface area contributed by atoms with Crippen LogP contribution < -0.4 is 0 Å².